The number of halogens is 2. The van der Waals surface area contributed by atoms with E-state index in [9.17, 15) is 13.6 Å². The van der Waals surface area contributed by atoms with E-state index in [2.05, 4.69) is 0 Å². The Morgan fingerprint density at radius 2 is 1.81 bits per heavy atom. The lowest BCUT2D eigenvalue weighted by molar-refractivity contribution is 0.0768. The number of fused-ring (bicyclic) bond motifs is 1. The van der Waals surface area contributed by atoms with E-state index in [1.165, 1.54) is 12.1 Å². The minimum absolute atomic E-state index is 0.00670. The zero-order valence-electron chi connectivity index (χ0n) is 14.7. The van der Waals surface area contributed by atoms with Gasteiger partial charge in [-0.25, -0.2) is 8.78 Å². The summed E-state index contributed by atoms with van der Waals surface area (Å²) in [4.78, 5) is 14.9. The van der Waals surface area contributed by atoms with Crippen LogP contribution in [0.3, 0.4) is 0 Å². The molecule has 3 aromatic carbocycles. The first-order valence-electron chi connectivity index (χ1n) is 8.97. The molecule has 1 aliphatic rings. The van der Waals surface area contributed by atoms with Crippen molar-refractivity contribution in [3.63, 3.8) is 0 Å². The first-order chi connectivity index (χ1) is 13.1. The van der Waals surface area contributed by atoms with Crippen molar-refractivity contribution in [2.45, 2.75) is 11.7 Å². The molecule has 1 unspecified atom stereocenters. The standard InChI is InChI=1S/C22H19F2NOS/c23-16-8-9-20(24)19(14-16)21-10-11-25(12-13-27-21)22(26)18-7-3-5-15-4-1-2-6-17(15)18/h1-9,14,21H,10-13H2. The van der Waals surface area contributed by atoms with Crippen LogP contribution in [0.4, 0.5) is 8.78 Å². The van der Waals surface area contributed by atoms with Gasteiger partial charge in [0.15, 0.2) is 0 Å². The SMILES string of the molecule is O=C(c1cccc2ccccc12)N1CCSC(c2cc(F)ccc2F)CC1. The second-order valence-corrected chi connectivity index (χ2v) is 7.94. The molecule has 3 aromatic rings. The molecule has 5 heteroatoms. The van der Waals surface area contributed by atoms with Crippen LogP contribution in [0, 0.1) is 11.6 Å². The molecule has 0 spiro atoms. The third-order valence-corrected chi connectivity index (χ3v) is 6.26. The molecule has 4 rings (SSSR count). The van der Waals surface area contributed by atoms with Crippen molar-refractivity contribution in [3.8, 4) is 0 Å². The molecule has 138 valence electrons. The third-order valence-electron chi connectivity index (χ3n) is 4.95. The van der Waals surface area contributed by atoms with E-state index in [0.717, 1.165) is 16.8 Å². The molecule has 0 radical (unpaired) electrons. The fraction of sp³-hybridized carbons (Fsp3) is 0.227. The maximum absolute atomic E-state index is 14.1. The summed E-state index contributed by atoms with van der Waals surface area (Å²) < 4.78 is 27.7. The summed E-state index contributed by atoms with van der Waals surface area (Å²) in [5.74, 6) is -0.132. The highest BCUT2D eigenvalue weighted by atomic mass is 32.2. The molecule has 0 aliphatic carbocycles. The predicted molar refractivity (Wildman–Crippen MR) is 106 cm³/mol. The van der Waals surface area contributed by atoms with Gasteiger partial charge < -0.3 is 4.90 Å². The van der Waals surface area contributed by atoms with Gasteiger partial charge in [0.1, 0.15) is 11.6 Å². The average molecular weight is 383 g/mol. The van der Waals surface area contributed by atoms with E-state index in [0.29, 0.717) is 36.4 Å². The van der Waals surface area contributed by atoms with E-state index >= 15 is 0 Å². The fourth-order valence-corrected chi connectivity index (χ4v) is 4.81. The zero-order chi connectivity index (χ0) is 18.8. The second-order valence-electron chi connectivity index (χ2n) is 6.63. The van der Waals surface area contributed by atoms with Crippen molar-refractivity contribution in [1.82, 2.24) is 4.90 Å². The minimum Gasteiger partial charge on any atom is -0.338 e. The van der Waals surface area contributed by atoms with Crippen LogP contribution >= 0.6 is 11.8 Å². The maximum Gasteiger partial charge on any atom is 0.254 e. The Labute approximate surface area is 161 Å². The molecule has 1 fully saturated rings. The van der Waals surface area contributed by atoms with E-state index in [4.69, 9.17) is 0 Å². The van der Waals surface area contributed by atoms with E-state index in [1.54, 1.807) is 11.8 Å². The van der Waals surface area contributed by atoms with Crippen LogP contribution in [0.2, 0.25) is 0 Å². The molecule has 1 amide bonds. The summed E-state index contributed by atoms with van der Waals surface area (Å²) in [5, 5.41) is 1.83. The quantitative estimate of drug-likeness (QED) is 0.587. The molecule has 2 nitrogen and oxygen atoms in total. The summed E-state index contributed by atoms with van der Waals surface area (Å²) in [6.45, 7) is 1.12. The lowest BCUT2D eigenvalue weighted by Crippen LogP contribution is -2.33. The fourth-order valence-electron chi connectivity index (χ4n) is 3.57. The highest BCUT2D eigenvalue weighted by molar-refractivity contribution is 7.99. The third kappa shape index (κ3) is 3.69. The highest BCUT2D eigenvalue weighted by Gasteiger charge is 2.25. The van der Waals surface area contributed by atoms with Gasteiger partial charge in [-0.3, -0.25) is 4.79 Å². The first kappa shape index (κ1) is 18.0. The van der Waals surface area contributed by atoms with Gasteiger partial charge >= 0.3 is 0 Å². The van der Waals surface area contributed by atoms with Crippen molar-refractivity contribution in [1.29, 1.82) is 0 Å². The summed E-state index contributed by atoms with van der Waals surface area (Å²) in [6.07, 6.45) is 0.599. The number of rotatable bonds is 2. The predicted octanol–water partition coefficient (Wildman–Crippen LogP) is 5.44. The van der Waals surface area contributed by atoms with Gasteiger partial charge in [-0.2, -0.15) is 11.8 Å². The zero-order valence-corrected chi connectivity index (χ0v) is 15.5. The molecule has 0 bridgehead atoms. The van der Waals surface area contributed by atoms with Crippen molar-refractivity contribution in [3.05, 3.63) is 83.4 Å². The van der Waals surface area contributed by atoms with Gasteiger partial charge in [0.05, 0.1) is 0 Å². The van der Waals surface area contributed by atoms with Crippen molar-refractivity contribution < 1.29 is 13.6 Å². The maximum atomic E-state index is 14.1. The van der Waals surface area contributed by atoms with Crippen LogP contribution in [0.5, 0.6) is 0 Å². The Kier molecular flexibility index (Phi) is 5.12. The van der Waals surface area contributed by atoms with Crippen LogP contribution in [-0.4, -0.2) is 29.6 Å². The lowest BCUT2D eigenvalue weighted by Gasteiger charge is -2.21. The average Bonchev–Trinajstić information content (AvgIpc) is 2.95. The molecule has 1 aliphatic heterocycles. The van der Waals surface area contributed by atoms with Crippen LogP contribution in [-0.2, 0) is 0 Å². The summed E-state index contributed by atoms with van der Waals surface area (Å²) in [6, 6.07) is 17.2. The number of thioether (sulfide) groups is 1. The Morgan fingerprint density at radius 3 is 2.70 bits per heavy atom. The van der Waals surface area contributed by atoms with Gasteiger partial charge in [0, 0.05) is 35.2 Å². The van der Waals surface area contributed by atoms with Gasteiger partial charge in [-0.05, 0) is 41.5 Å². The van der Waals surface area contributed by atoms with Gasteiger partial charge in [0.2, 0.25) is 0 Å². The number of amides is 1. The lowest BCUT2D eigenvalue weighted by atomic mass is 10.0. The Bertz CT molecular complexity index is 986. The molecule has 27 heavy (non-hydrogen) atoms. The highest BCUT2D eigenvalue weighted by Crippen LogP contribution is 2.36. The molecule has 1 heterocycles. The normalized spacial score (nSPS) is 17.7. The monoisotopic (exact) mass is 383 g/mol. The first-order valence-corrected chi connectivity index (χ1v) is 10.0. The summed E-state index contributed by atoms with van der Waals surface area (Å²) in [5.41, 5.74) is 1.08. The van der Waals surface area contributed by atoms with Gasteiger partial charge in [-0.1, -0.05) is 36.4 Å². The molecular weight excluding hydrogens is 364 g/mol. The van der Waals surface area contributed by atoms with Crippen LogP contribution in [0.1, 0.15) is 27.6 Å². The molecule has 1 atom stereocenters. The molecule has 0 N–H and O–H groups in total. The molecular formula is C22H19F2NOS. The minimum atomic E-state index is -0.431. The van der Waals surface area contributed by atoms with Crippen molar-refractivity contribution in [2.75, 3.05) is 18.8 Å². The number of nitrogens with zero attached hydrogens (tertiary/aromatic N) is 1. The van der Waals surface area contributed by atoms with Gasteiger partial charge in [-0.15, -0.1) is 0 Å². The van der Waals surface area contributed by atoms with Crippen LogP contribution in [0.15, 0.2) is 60.7 Å². The number of hydrogen-bond acceptors (Lipinski definition) is 2. The Hall–Kier alpha value is -2.40. The van der Waals surface area contributed by atoms with Crippen LogP contribution in [0.25, 0.3) is 10.8 Å². The number of carbonyl (C=O) groups excluding carboxylic acids is 1. The smallest absolute Gasteiger partial charge is 0.254 e. The largest absolute Gasteiger partial charge is 0.338 e. The molecule has 0 aromatic heterocycles. The second kappa shape index (κ2) is 7.69. The molecule has 1 saturated heterocycles. The van der Waals surface area contributed by atoms with Crippen molar-refractivity contribution >= 4 is 28.4 Å². The number of hydrogen-bond donors (Lipinski definition) is 0. The van der Waals surface area contributed by atoms with E-state index in [-0.39, 0.29) is 17.0 Å². The van der Waals surface area contributed by atoms with Crippen LogP contribution < -0.4 is 0 Å². The molecule has 0 saturated carbocycles. The van der Waals surface area contributed by atoms with Crippen molar-refractivity contribution in [2.24, 2.45) is 0 Å². The van der Waals surface area contributed by atoms with E-state index < -0.39 is 5.82 Å². The Balaban J connectivity index is 1.56. The van der Waals surface area contributed by atoms with E-state index in [1.807, 2.05) is 47.4 Å². The Morgan fingerprint density at radius 1 is 1.00 bits per heavy atom. The number of benzene rings is 3. The summed E-state index contributed by atoms with van der Waals surface area (Å²) in [7, 11) is 0. The number of carbonyl (C=O) groups is 1. The summed E-state index contributed by atoms with van der Waals surface area (Å²) >= 11 is 1.58. The topological polar surface area (TPSA) is 20.3 Å². The van der Waals surface area contributed by atoms with Gasteiger partial charge in [0.25, 0.3) is 5.91 Å².